The van der Waals surface area contributed by atoms with Crippen molar-refractivity contribution < 1.29 is 17.7 Å². The maximum atomic E-state index is 12.6. The van der Waals surface area contributed by atoms with Crippen molar-refractivity contribution in [2.24, 2.45) is 0 Å². The highest BCUT2D eigenvalue weighted by molar-refractivity contribution is 5.88. The highest BCUT2D eigenvalue weighted by Crippen LogP contribution is 2.36. The van der Waals surface area contributed by atoms with E-state index in [-0.39, 0.29) is 22.6 Å². The first-order valence-electron chi connectivity index (χ1n) is 3.99. The molecule has 0 saturated carbocycles. The fraction of sp³-hybridized carbons (Fsp3) is 0.250. The topological polar surface area (TPSA) is 64.9 Å². The molecule has 0 saturated heterocycles. The molecule has 2 aromatic rings. The van der Waals surface area contributed by atoms with Gasteiger partial charge < -0.3 is 10.3 Å². The van der Waals surface area contributed by atoms with Crippen LogP contribution < -0.4 is 5.73 Å². The molecule has 0 amide bonds. The molecular weight excluding hydrogens is 211 g/mol. The van der Waals surface area contributed by atoms with Gasteiger partial charge in [0.1, 0.15) is 0 Å². The summed E-state index contributed by atoms with van der Waals surface area (Å²) in [5.74, 6) is -0.301. The quantitative estimate of drug-likeness (QED) is 0.734. The van der Waals surface area contributed by atoms with Gasteiger partial charge in [0.2, 0.25) is 0 Å². The number of pyridine rings is 1. The van der Waals surface area contributed by atoms with Gasteiger partial charge >= 0.3 is 6.18 Å². The van der Waals surface area contributed by atoms with Crippen molar-refractivity contribution in [3.8, 4) is 0 Å². The van der Waals surface area contributed by atoms with Crippen molar-refractivity contribution in [2.45, 2.75) is 13.1 Å². The minimum Gasteiger partial charge on any atom is -0.380 e. The lowest BCUT2D eigenvalue weighted by molar-refractivity contribution is -0.136. The fourth-order valence-electron chi connectivity index (χ4n) is 1.32. The van der Waals surface area contributed by atoms with E-state index in [9.17, 15) is 13.2 Å². The molecule has 7 heteroatoms. The van der Waals surface area contributed by atoms with E-state index in [0.717, 1.165) is 6.07 Å². The minimum absolute atomic E-state index is 0.195. The molecule has 0 aliphatic carbocycles. The van der Waals surface area contributed by atoms with Crippen LogP contribution in [0.15, 0.2) is 10.6 Å². The number of alkyl halides is 3. The fourth-order valence-corrected chi connectivity index (χ4v) is 1.32. The Balaban J connectivity index is 2.87. The summed E-state index contributed by atoms with van der Waals surface area (Å²) in [6.45, 7) is 1.44. The molecule has 2 aromatic heterocycles. The van der Waals surface area contributed by atoms with Gasteiger partial charge in [-0.05, 0) is 13.0 Å². The number of fused-ring (bicyclic) bond motifs is 1. The third-order valence-corrected chi connectivity index (χ3v) is 1.91. The molecule has 0 bridgehead atoms. The van der Waals surface area contributed by atoms with E-state index < -0.39 is 11.7 Å². The SMILES string of the molecule is Cc1cc(C(F)(F)F)c2c(N)noc2n1. The predicted octanol–water partition coefficient (Wildman–Crippen LogP) is 2.13. The first kappa shape index (κ1) is 9.75. The molecule has 0 unspecified atom stereocenters. The summed E-state index contributed by atoms with van der Waals surface area (Å²) in [5.41, 5.74) is 4.41. The van der Waals surface area contributed by atoms with Gasteiger partial charge in [0.25, 0.3) is 5.71 Å². The van der Waals surface area contributed by atoms with Crippen molar-refractivity contribution in [1.29, 1.82) is 0 Å². The van der Waals surface area contributed by atoms with Crippen LogP contribution in [0, 0.1) is 6.92 Å². The summed E-state index contributed by atoms with van der Waals surface area (Å²) in [6, 6.07) is 0.913. The molecule has 0 aliphatic rings. The Morgan fingerprint density at radius 3 is 2.67 bits per heavy atom. The van der Waals surface area contributed by atoms with Crippen molar-refractivity contribution in [3.63, 3.8) is 0 Å². The summed E-state index contributed by atoms with van der Waals surface area (Å²) in [6.07, 6.45) is -4.49. The summed E-state index contributed by atoms with van der Waals surface area (Å²) >= 11 is 0. The van der Waals surface area contributed by atoms with Crippen LogP contribution in [0.3, 0.4) is 0 Å². The van der Waals surface area contributed by atoms with Gasteiger partial charge in [-0.1, -0.05) is 5.16 Å². The standard InChI is InChI=1S/C8H6F3N3O/c1-3-2-4(8(9,10)11)5-6(12)14-15-7(5)13-3/h2H,1H3,(H2,12,14). The highest BCUT2D eigenvalue weighted by Gasteiger charge is 2.35. The summed E-state index contributed by atoms with van der Waals surface area (Å²) in [7, 11) is 0. The number of halogens is 3. The van der Waals surface area contributed by atoms with Crippen molar-refractivity contribution >= 4 is 16.9 Å². The average Bonchev–Trinajstić information content (AvgIpc) is 2.44. The van der Waals surface area contributed by atoms with Crippen LogP contribution in [0.25, 0.3) is 11.1 Å². The molecule has 2 rings (SSSR count). The van der Waals surface area contributed by atoms with Crippen LogP contribution in [0.2, 0.25) is 0 Å². The van der Waals surface area contributed by atoms with Crippen molar-refractivity contribution in [3.05, 3.63) is 17.3 Å². The first-order chi connectivity index (χ1) is 6.89. The van der Waals surface area contributed by atoms with Crippen LogP contribution in [-0.4, -0.2) is 10.1 Å². The normalized spacial score (nSPS) is 12.3. The van der Waals surface area contributed by atoms with E-state index >= 15 is 0 Å². The number of aromatic nitrogens is 2. The van der Waals surface area contributed by atoms with Gasteiger partial charge in [-0.15, -0.1) is 0 Å². The van der Waals surface area contributed by atoms with Gasteiger partial charge in [-0.3, -0.25) is 0 Å². The van der Waals surface area contributed by atoms with Gasteiger partial charge in [-0.25, -0.2) is 4.98 Å². The Bertz CT molecular complexity index is 518. The summed E-state index contributed by atoms with van der Waals surface area (Å²) in [5, 5.41) is 2.97. The van der Waals surface area contributed by atoms with E-state index in [1.807, 2.05) is 0 Å². The monoisotopic (exact) mass is 217 g/mol. The molecule has 0 fully saturated rings. The van der Waals surface area contributed by atoms with E-state index in [4.69, 9.17) is 5.73 Å². The van der Waals surface area contributed by atoms with Crippen molar-refractivity contribution in [2.75, 3.05) is 5.73 Å². The van der Waals surface area contributed by atoms with Crippen LogP contribution in [0.4, 0.5) is 19.0 Å². The third-order valence-electron chi connectivity index (χ3n) is 1.91. The van der Waals surface area contributed by atoms with Gasteiger partial charge in [0.15, 0.2) is 5.82 Å². The van der Waals surface area contributed by atoms with Crippen LogP contribution in [0.5, 0.6) is 0 Å². The third kappa shape index (κ3) is 1.49. The molecule has 0 spiro atoms. The smallest absolute Gasteiger partial charge is 0.380 e. The number of hydrogen-bond donors (Lipinski definition) is 1. The Morgan fingerprint density at radius 1 is 1.40 bits per heavy atom. The second-order valence-corrected chi connectivity index (χ2v) is 3.06. The van der Waals surface area contributed by atoms with E-state index in [1.165, 1.54) is 6.92 Å². The number of nitrogens with two attached hydrogens (primary N) is 1. The molecule has 2 heterocycles. The van der Waals surface area contributed by atoms with Crippen molar-refractivity contribution in [1.82, 2.24) is 10.1 Å². The summed E-state index contributed by atoms with van der Waals surface area (Å²) in [4.78, 5) is 3.76. The summed E-state index contributed by atoms with van der Waals surface area (Å²) < 4.78 is 42.4. The zero-order valence-corrected chi connectivity index (χ0v) is 7.59. The molecule has 4 nitrogen and oxygen atoms in total. The van der Waals surface area contributed by atoms with Crippen LogP contribution in [-0.2, 0) is 6.18 Å². The van der Waals surface area contributed by atoms with Gasteiger partial charge in [-0.2, -0.15) is 13.2 Å². The second-order valence-electron chi connectivity index (χ2n) is 3.06. The lowest BCUT2D eigenvalue weighted by atomic mass is 10.1. The van der Waals surface area contributed by atoms with E-state index in [1.54, 1.807) is 0 Å². The molecule has 0 aromatic carbocycles. The Kier molecular flexibility index (Phi) is 1.85. The number of aryl methyl sites for hydroxylation is 1. The van der Waals surface area contributed by atoms with Crippen LogP contribution in [0.1, 0.15) is 11.3 Å². The average molecular weight is 217 g/mol. The number of anilines is 1. The number of rotatable bonds is 0. The van der Waals surface area contributed by atoms with Gasteiger partial charge in [0.05, 0.1) is 10.9 Å². The second kappa shape index (κ2) is 2.85. The Labute approximate surface area is 81.9 Å². The van der Waals surface area contributed by atoms with E-state index in [2.05, 4.69) is 14.7 Å². The molecular formula is C8H6F3N3O. The molecule has 80 valence electrons. The molecule has 2 N–H and O–H groups in total. The maximum Gasteiger partial charge on any atom is 0.417 e. The molecule has 0 aliphatic heterocycles. The first-order valence-corrected chi connectivity index (χ1v) is 3.99. The maximum absolute atomic E-state index is 12.6. The highest BCUT2D eigenvalue weighted by atomic mass is 19.4. The van der Waals surface area contributed by atoms with E-state index in [0.29, 0.717) is 0 Å². The number of hydrogen-bond acceptors (Lipinski definition) is 4. The largest absolute Gasteiger partial charge is 0.417 e. The lowest BCUT2D eigenvalue weighted by Gasteiger charge is -2.07. The number of nitrogen functional groups attached to an aromatic ring is 1. The molecule has 0 radical (unpaired) electrons. The molecule has 15 heavy (non-hydrogen) atoms. The number of nitrogens with zero attached hydrogens (tertiary/aromatic N) is 2. The zero-order chi connectivity index (χ0) is 11.2. The van der Waals surface area contributed by atoms with Crippen LogP contribution >= 0.6 is 0 Å². The minimum atomic E-state index is -4.49. The Hall–Kier alpha value is -1.79. The lowest BCUT2D eigenvalue weighted by Crippen LogP contribution is -2.07. The van der Waals surface area contributed by atoms with Gasteiger partial charge in [0, 0.05) is 5.69 Å². The Morgan fingerprint density at radius 2 is 2.07 bits per heavy atom. The zero-order valence-electron chi connectivity index (χ0n) is 7.59. The molecule has 0 atom stereocenters. The predicted molar refractivity (Wildman–Crippen MR) is 46.0 cm³/mol.